The highest BCUT2D eigenvalue weighted by molar-refractivity contribution is 6.99. The predicted molar refractivity (Wildman–Crippen MR) is 227 cm³/mol. The van der Waals surface area contributed by atoms with Gasteiger partial charge in [0.25, 0.3) is 8.32 Å². The lowest BCUT2D eigenvalue weighted by atomic mass is 9.97. The van der Waals surface area contributed by atoms with Crippen molar-refractivity contribution in [2.45, 2.75) is 44.7 Å². The van der Waals surface area contributed by atoms with Crippen LogP contribution in [0.15, 0.2) is 164 Å². The predicted octanol–water partition coefficient (Wildman–Crippen LogP) is 10.4. The Morgan fingerprint density at radius 3 is 1.76 bits per heavy atom. The van der Waals surface area contributed by atoms with Crippen molar-refractivity contribution < 1.29 is 19.1 Å². The second-order valence-electron chi connectivity index (χ2n) is 14.8. The molecule has 6 aromatic carbocycles. The summed E-state index contributed by atoms with van der Waals surface area (Å²) in [5.41, 5.74) is 5.75. The molecule has 55 heavy (non-hydrogen) atoms. The number of halogens is 1. The van der Waals surface area contributed by atoms with Gasteiger partial charge in [0.1, 0.15) is 11.3 Å². The number of rotatable bonds is 14. The van der Waals surface area contributed by atoms with Crippen LogP contribution in [-0.4, -0.2) is 37.2 Å². The third kappa shape index (κ3) is 7.76. The summed E-state index contributed by atoms with van der Waals surface area (Å²) in [4.78, 5) is 12.0. The van der Waals surface area contributed by atoms with Gasteiger partial charge in [-0.15, -0.1) is 0 Å². The van der Waals surface area contributed by atoms with Crippen LogP contribution in [0.2, 0.25) is 10.1 Å². The number of aromatic nitrogens is 1. The van der Waals surface area contributed by atoms with Gasteiger partial charge in [0.15, 0.2) is 0 Å². The van der Waals surface area contributed by atoms with Crippen LogP contribution in [-0.2, 0) is 17.3 Å². The van der Waals surface area contributed by atoms with E-state index in [2.05, 4.69) is 153 Å². The first-order chi connectivity index (χ1) is 26.7. The lowest BCUT2D eigenvalue weighted by Crippen LogP contribution is -2.66. The zero-order valence-electron chi connectivity index (χ0n) is 31.5. The molecule has 0 unspecified atom stereocenters. The normalized spacial score (nSPS) is 11.9. The topological polar surface area (TPSA) is 60.7 Å². The summed E-state index contributed by atoms with van der Waals surface area (Å²) in [5, 5.41) is 13.8. The largest absolute Gasteiger partial charge is 0.492 e. The first-order valence-electron chi connectivity index (χ1n) is 18.8. The van der Waals surface area contributed by atoms with Crippen LogP contribution in [0, 0.1) is 0 Å². The third-order valence-electron chi connectivity index (χ3n) is 10.5. The Morgan fingerprint density at radius 1 is 0.691 bits per heavy atom. The van der Waals surface area contributed by atoms with Crippen LogP contribution >= 0.6 is 11.6 Å². The highest BCUT2D eigenvalue weighted by atomic mass is 35.5. The van der Waals surface area contributed by atoms with E-state index < -0.39 is 14.3 Å². The summed E-state index contributed by atoms with van der Waals surface area (Å²) < 4.78 is 16.2. The molecule has 0 bridgehead atoms. The smallest absolute Gasteiger partial charge is 0.339 e. The maximum absolute atomic E-state index is 12.0. The molecule has 7 heteroatoms. The van der Waals surface area contributed by atoms with Gasteiger partial charge in [-0.3, -0.25) is 0 Å². The lowest BCUT2D eigenvalue weighted by Gasteiger charge is -2.43. The zero-order valence-corrected chi connectivity index (χ0v) is 33.2. The molecular weight excluding hydrogens is 718 g/mol. The maximum atomic E-state index is 12.0. The molecule has 0 aliphatic heterocycles. The summed E-state index contributed by atoms with van der Waals surface area (Å²) in [6.45, 7) is 7.66. The molecule has 0 saturated carbocycles. The van der Waals surface area contributed by atoms with Crippen molar-refractivity contribution in [1.82, 2.24) is 4.57 Å². The number of ether oxygens (including phenoxy) is 1. The van der Waals surface area contributed by atoms with E-state index in [0.717, 1.165) is 33.3 Å². The molecule has 0 radical (unpaired) electrons. The van der Waals surface area contributed by atoms with Crippen molar-refractivity contribution in [3.63, 3.8) is 0 Å². The van der Waals surface area contributed by atoms with Crippen molar-refractivity contribution in [2.24, 2.45) is 0 Å². The number of benzene rings is 6. The van der Waals surface area contributed by atoms with Crippen LogP contribution < -0.4 is 15.1 Å². The van der Waals surface area contributed by atoms with Gasteiger partial charge in [0, 0.05) is 41.1 Å². The number of nitrogens with zero attached hydrogens (tertiary/aromatic N) is 1. The van der Waals surface area contributed by atoms with Gasteiger partial charge in [-0.05, 0) is 62.4 Å². The molecule has 0 spiro atoms. The zero-order chi connectivity index (χ0) is 38.4. The van der Waals surface area contributed by atoms with E-state index >= 15 is 0 Å². The SMILES string of the molecule is CC(C)(C)[Si](OCCc1c(CCOc2ccccc2C(=O)O)c2cc(Cl)ccc2n1C(c1ccccc1)c1ccccc1)(c1ccccc1)c1ccccc1. The molecule has 1 N–H and O–H groups in total. The lowest BCUT2D eigenvalue weighted by molar-refractivity contribution is 0.0692. The summed E-state index contributed by atoms with van der Waals surface area (Å²) in [6.07, 6.45) is 1.15. The van der Waals surface area contributed by atoms with Crippen molar-refractivity contribution in [3.05, 3.63) is 197 Å². The van der Waals surface area contributed by atoms with Crippen molar-refractivity contribution >= 4 is 47.2 Å². The van der Waals surface area contributed by atoms with Gasteiger partial charge < -0.3 is 18.8 Å². The van der Waals surface area contributed by atoms with Gasteiger partial charge in [-0.1, -0.05) is 166 Å². The number of carbonyl (C=O) groups is 1. The molecule has 5 nitrogen and oxygen atoms in total. The fourth-order valence-electron chi connectivity index (χ4n) is 8.11. The molecule has 1 aromatic heterocycles. The van der Waals surface area contributed by atoms with Crippen molar-refractivity contribution in [2.75, 3.05) is 13.2 Å². The summed E-state index contributed by atoms with van der Waals surface area (Å²) >= 11 is 6.78. The molecule has 1 heterocycles. The molecule has 7 aromatic rings. The monoisotopic (exact) mass is 763 g/mol. The standard InChI is InChI=1S/C48H46ClNO4Si/c1-48(2,3)55(38-22-12-6-13-23-38,39-24-14-7-15-25-39)54-33-31-44-40(30-32-53-45-27-17-16-26-41(45)47(51)52)42-34-37(49)28-29-43(42)50(44)46(35-18-8-4-9-19-35)36-20-10-5-11-21-36/h4-29,34,46H,30-33H2,1-3H3,(H,51,52). The number of fused-ring (bicyclic) bond motifs is 1. The molecule has 278 valence electrons. The maximum Gasteiger partial charge on any atom is 0.339 e. The van der Waals surface area contributed by atoms with Crippen LogP contribution in [0.4, 0.5) is 0 Å². The Bertz CT molecular complexity index is 2280. The number of para-hydroxylation sites is 1. The number of carboxylic acids is 1. The number of carboxylic acid groups (broad SMARTS) is 1. The first-order valence-corrected chi connectivity index (χ1v) is 21.1. The summed E-state index contributed by atoms with van der Waals surface area (Å²) in [6, 6.07) is 55.5. The molecule has 0 aliphatic rings. The molecule has 0 amide bonds. The quantitative estimate of drug-likeness (QED) is 0.112. The van der Waals surface area contributed by atoms with Gasteiger partial charge in [0.05, 0.1) is 12.6 Å². The van der Waals surface area contributed by atoms with Gasteiger partial charge in [-0.25, -0.2) is 4.79 Å². The van der Waals surface area contributed by atoms with E-state index in [0.29, 0.717) is 30.2 Å². The van der Waals surface area contributed by atoms with Crippen LogP contribution in [0.1, 0.15) is 59.6 Å². The van der Waals surface area contributed by atoms with E-state index in [4.69, 9.17) is 20.8 Å². The average molecular weight is 764 g/mol. The molecule has 0 aliphatic carbocycles. The minimum absolute atomic E-state index is 0.139. The number of hydrogen-bond donors (Lipinski definition) is 1. The Balaban J connectivity index is 1.38. The Labute approximate surface area is 329 Å². The molecule has 0 fully saturated rings. The fourth-order valence-corrected chi connectivity index (χ4v) is 12.8. The Hall–Kier alpha value is -5.40. The summed E-state index contributed by atoms with van der Waals surface area (Å²) in [5.74, 6) is -0.673. The highest BCUT2D eigenvalue weighted by Crippen LogP contribution is 2.40. The Morgan fingerprint density at radius 2 is 1.22 bits per heavy atom. The van der Waals surface area contributed by atoms with Crippen molar-refractivity contribution in [1.29, 1.82) is 0 Å². The summed E-state index contributed by atoms with van der Waals surface area (Å²) in [7, 11) is -2.84. The second-order valence-corrected chi connectivity index (χ2v) is 19.6. The van der Waals surface area contributed by atoms with E-state index in [1.807, 2.05) is 12.1 Å². The average Bonchev–Trinajstić information content (AvgIpc) is 3.49. The third-order valence-corrected chi connectivity index (χ3v) is 15.7. The van der Waals surface area contributed by atoms with E-state index in [1.165, 1.54) is 10.4 Å². The van der Waals surface area contributed by atoms with Crippen molar-refractivity contribution in [3.8, 4) is 5.75 Å². The fraction of sp³-hybridized carbons (Fsp3) is 0.188. The number of hydrogen-bond acceptors (Lipinski definition) is 3. The van der Waals surface area contributed by atoms with E-state index in [9.17, 15) is 9.90 Å². The minimum atomic E-state index is -2.84. The van der Waals surface area contributed by atoms with Crippen LogP contribution in [0.3, 0.4) is 0 Å². The second kappa shape index (κ2) is 16.5. The molecule has 0 saturated heterocycles. The van der Waals surface area contributed by atoms with E-state index in [-0.39, 0.29) is 23.3 Å². The van der Waals surface area contributed by atoms with Gasteiger partial charge in [0.2, 0.25) is 0 Å². The van der Waals surface area contributed by atoms with Gasteiger partial charge >= 0.3 is 5.97 Å². The molecule has 0 atom stereocenters. The molecular formula is C48H46ClNO4Si. The first kappa shape index (κ1) is 37.9. The van der Waals surface area contributed by atoms with E-state index in [1.54, 1.807) is 24.3 Å². The minimum Gasteiger partial charge on any atom is -0.492 e. The highest BCUT2D eigenvalue weighted by Gasteiger charge is 2.50. The van der Waals surface area contributed by atoms with Gasteiger partial charge in [-0.2, -0.15) is 0 Å². The Kier molecular flexibility index (Phi) is 11.4. The number of aromatic carboxylic acids is 1. The molecule has 7 rings (SSSR count). The van der Waals surface area contributed by atoms with Crippen LogP contribution in [0.25, 0.3) is 10.9 Å². The van der Waals surface area contributed by atoms with Crippen LogP contribution in [0.5, 0.6) is 5.75 Å².